The van der Waals surface area contributed by atoms with Gasteiger partial charge in [0.25, 0.3) is 0 Å². The number of aromatic nitrogens is 2. The van der Waals surface area contributed by atoms with Crippen molar-refractivity contribution in [1.29, 1.82) is 0 Å². The molecule has 0 amide bonds. The maximum absolute atomic E-state index is 5.79. The van der Waals surface area contributed by atoms with E-state index in [-0.39, 0.29) is 5.28 Å². The second kappa shape index (κ2) is 4.44. The average Bonchev–Trinajstić information content (AvgIpc) is 2.81. The Bertz CT molecular complexity index is 710. The molecule has 0 aliphatic carbocycles. The predicted octanol–water partition coefficient (Wildman–Crippen LogP) is 3.67. The molecule has 0 aliphatic heterocycles. The third-order valence-corrected chi connectivity index (χ3v) is 3.58. The minimum absolute atomic E-state index is 0.170. The Morgan fingerprint density at radius 3 is 3.06 bits per heavy atom. The van der Waals surface area contributed by atoms with Crippen molar-refractivity contribution in [2.24, 2.45) is 0 Å². The molecule has 0 bridgehead atoms. The highest BCUT2D eigenvalue weighted by Crippen LogP contribution is 2.27. The van der Waals surface area contributed by atoms with Crippen LogP contribution in [0.1, 0.15) is 0 Å². The fourth-order valence-electron chi connectivity index (χ4n) is 1.65. The first-order valence-electron chi connectivity index (χ1n) is 5.25. The van der Waals surface area contributed by atoms with E-state index in [9.17, 15) is 0 Å². The fourth-order valence-corrected chi connectivity index (χ4v) is 2.56. The third kappa shape index (κ3) is 2.10. The van der Waals surface area contributed by atoms with Crippen LogP contribution in [-0.2, 0) is 0 Å². The molecule has 3 aromatic rings. The Hall–Kier alpha value is -1.85. The lowest BCUT2D eigenvalue weighted by molar-refractivity contribution is 1.17. The van der Waals surface area contributed by atoms with E-state index in [0.29, 0.717) is 11.5 Å². The van der Waals surface area contributed by atoms with E-state index < -0.39 is 0 Å². The summed E-state index contributed by atoms with van der Waals surface area (Å²) in [5.41, 5.74) is 7.17. The molecule has 18 heavy (non-hydrogen) atoms. The second-order valence-corrected chi connectivity index (χ2v) is 5.03. The molecule has 0 atom stereocenters. The first-order chi connectivity index (χ1) is 8.72. The van der Waals surface area contributed by atoms with E-state index in [1.54, 1.807) is 11.3 Å². The van der Waals surface area contributed by atoms with Gasteiger partial charge in [0, 0.05) is 10.4 Å². The molecule has 3 N–H and O–H groups in total. The standard InChI is InChI=1S/C12H9ClN4S/c13-12-15-6-9(14)11(17-12)16-8-1-2-10-7(5-8)3-4-18-10/h1-6H,14H2,(H,15,16,17). The number of hydrogen-bond donors (Lipinski definition) is 2. The Kier molecular flexibility index (Phi) is 2.77. The molecule has 0 aliphatic rings. The highest BCUT2D eigenvalue weighted by molar-refractivity contribution is 7.17. The van der Waals surface area contributed by atoms with Gasteiger partial charge in [-0.25, -0.2) is 4.98 Å². The van der Waals surface area contributed by atoms with Crippen LogP contribution in [0.25, 0.3) is 10.1 Å². The van der Waals surface area contributed by atoms with Crippen molar-refractivity contribution < 1.29 is 0 Å². The molecule has 6 heteroatoms. The SMILES string of the molecule is Nc1cnc(Cl)nc1Nc1ccc2sccc2c1. The molecular weight excluding hydrogens is 268 g/mol. The summed E-state index contributed by atoms with van der Waals surface area (Å²) in [5.74, 6) is 0.518. The van der Waals surface area contributed by atoms with Crippen molar-refractivity contribution in [3.05, 3.63) is 41.1 Å². The summed E-state index contributed by atoms with van der Waals surface area (Å²) in [5, 5.41) is 6.55. The number of thiophene rings is 1. The molecule has 0 spiro atoms. The van der Waals surface area contributed by atoms with Gasteiger partial charge in [-0.3, -0.25) is 0 Å². The zero-order valence-corrected chi connectivity index (χ0v) is 10.8. The van der Waals surface area contributed by atoms with Crippen molar-refractivity contribution in [2.75, 3.05) is 11.1 Å². The van der Waals surface area contributed by atoms with Gasteiger partial charge in [-0.2, -0.15) is 4.98 Å². The molecule has 0 fully saturated rings. The molecule has 0 saturated carbocycles. The van der Waals surface area contributed by atoms with E-state index in [1.807, 2.05) is 12.1 Å². The van der Waals surface area contributed by atoms with Gasteiger partial charge in [0.15, 0.2) is 5.82 Å². The summed E-state index contributed by atoms with van der Waals surface area (Å²) in [6, 6.07) is 8.15. The fraction of sp³-hybridized carbons (Fsp3) is 0. The summed E-state index contributed by atoms with van der Waals surface area (Å²) in [6.07, 6.45) is 1.49. The van der Waals surface area contributed by atoms with Gasteiger partial charge in [-0.1, -0.05) is 0 Å². The van der Waals surface area contributed by atoms with Crippen LogP contribution in [0.5, 0.6) is 0 Å². The molecule has 2 heterocycles. The van der Waals surface area contributed by atoms with Crippen molar-refractivity contribution in [3.63, 3.8) is 0 Å². The van der Waals surface area contributed by atoms with E-state index >= 15 is 0 Å². The molecule has 4 nitrogen and oxygen atoms in total. The summed E-state index contributed by atoms with van der Waals surface area (Å²) in [6.45, 7) is 0. The van der Waals surface area contributed by atoms with Gasteiger partial charge in [-0.15, -0.1) is 11.3 Å². The molecule has 0 radical (unpaired) electrons. The normalized spacial score (nSPS) is 10.7. The van der Waals surface area contributed by atoms with Gasteiger partial charge >= 0.3 is 0 Å². The monoisotopic (exact) mass is 276 g/mol. The zero-order valence-electron chi connectivity index (χ0n) is 9.22. The lowest BCUT2D eigenvalue weighted by atomic mass is 10.2. The Morgan fingerprint density at radius 2 is 2.17 bits per heavy atom. The number of nitrogens with zero attached hydrogens (tertiary/aromatic N) is 2. The van der Waals surface area contributed by atoms with E-state index in [2.05, 4.69) is 32.8 Å². The van der Waals surface area contributed by atoms with Crippen LogP contribution in [-0.4, -0.2) is 9.97 Å². The maximum atomic E-state index is 5.79. The van der Waals surface area contributed by atoms with Crippen LogP contribution in [0, 0.1) is 0 Å². The molecule has 0 unspecified atom stereocenters. The quantitative estimate of drug-likeness (QED) is 0.701. The van der Waals surface area contributed by atoms with Crippen LogP contribution in [0.2, 0.25) is 5.28 Å². The van der Waals surface area contributed by atoms with Gasteiger partial charge in [0.2, 0.25) is 5.28 Å². The number of anilines is 3. The Morgan fingerprint density at radius 1 is 1.28 bits per heavy atom. The largest absolute Gasteiger partial charge is 0.394 e. The van der Waals surface area contributed by atoms with Gasteiger partial charge in [0.1, 0.15) is 0 Å². The minimum atomic E-state index is 0.170. The number of benzene rings is 1. The van der Waals surface area contributed by atoms with Crippen LogP contribution in [0.3, 0.4) is 0 Å². The summed E-state index contributed by atoms with van der Waals surface area (Å²) in [4.78, 5) is 7.87. The van der Waals surface area contributed by atoms with E-state index in [4.69, 9.17) is 17.3 Å². The molecule has 1 aromatic carbocycles. The number of hydrogen-bond acceptors (Lipinski definition) is 5. The van der Waals surface area contributed by atoms with E-state index in [1.165, 1.54) is 16.3 Å². The summed E-state index contributed by atoms with van der Waals surface area (Å²) >= 11 is 7.45. The molecule has 0 saturated heterocycles. The van der Waals surface area contributed by atoms with Crippen molar-refractivity contribution >= 4 is 50.2 Å². The van der Waals surface area contributed by atoms with Gasteiger partial charge in [-0.05, 0) is 46.6 Å². The number of rotatable bonds is 2. The first-order valence-corrected chi connectivity index (χ1v) is 6.50. The van der Waals surface area contributed by atoms with Crippen molar-refractivity contribution in [1.82, 2.24) is 9.97 Å². The summed E-state index contributed by atoms with van der Waals surface area (Å²) < 4.78 is 1.24. The first kappa shape index (κ1) is 11.3. The number of fused-ring (bicyclic) bond motifs is 1. The predicted molar refractivity (Wildman–Crippen MR) is 76.6 cm³/mol. The average molecular weight is 277 g/mol. The lowest BCUT2D eigenvalue weighted by Gasteiger charge is -2.08. The lowest BCUT2D eigenvalue weighted by Crippen LogP contribution is -2.00. The van der Waals surface area contributed by atoms with Crippen molar-refractivity contribution in [3.8, 4) is 0 Å². The Balaban J connectivity index is 1.97. The van der Waals surface area contributed by atoms with Crippen LogP contribution in [0.4, 0.5) is 17.2 Å². The van der Waals surface area contributed by atoms with Crippen LogP contribution in [0.15, 0.2) is 35.8 Å². The van der Waals surface area contributed by atoms with Gasteiger partial charge in [0.05, 0.1) is 11.9 Å². The Labute approximate surface area is 112 Å². The van der Waals surface area contributed by atoms with E-state index in [0.717, 1.165) is 5.69 Å². The summed E-state index contributed by atoms with van der Waals surface area (Å²) in [7, 11) is 0. The highest BCUT2D eigenvalue weighted by Gasteiger charge is 2.04. The number of nitrogens with one attached hydrogen (secondary N) is 1. The third-order valence-electron chi connectivity index (χ3n) is 2.50. The second-order valence-electron chi connectivity index (χ2n) is 3.74. The molecule has 2 aromatic heterocycles. The maximum Gasteiger partial charge on any atom is 0.224 e. The smallest absolute Gasteiger partial charge is 0.224 e. The van der Waals surface area contributed by atoms with Gasteiger partial charge < -0.3 is 11.1 Å². The molecular formula is C12H9ClN4S. The topological polar surface area (TPSA) is 63.8 Å². The number of nitrogen functional groups attached to an aromatic ring is 1. The highest BCUT2D eigenvalue weighted by atomic mass is 35.5. The van der Waals surface area contributed by atoms with Crippen LogP contribution < -0.4 is 11.1 Å². The molecule has 90 valence electrons. The van der Waals surface area contributed by atoms with Crippen LogP contribution >= 0.6 is 22.9 Å². The van der Waals surface area contributed by atoms with Crippen molar-refractivity contribution in [2.45, 2.75) is 0 Å². The minimum Gasteiger partial charge on any atom is -0.394 e. The number of halogens is 1. The number of nitrogens with two attached hydrogens (primary N) is 1. The zero-order chi connectivity index (χ0) is 12.5. The molecule has 3 rings (SSSR count).